The van der Waals surface area contributed by atoms with E-state index in [2.05, 4.69) is 16.1 Å². The number of fused-ring (bicyclic) bond motifs is 3. The normalized spacial score (nSPS) is 13.3. The van der Waals surface area contributed by atoms with Crippen LogP contribution in [0, 0.1) is 0 Å². The van der Waals surface area contributed by atoms with Gasteiger partial charge in [0.2, 0.25) is 0 Å². The van der Waals surface area contributed by atoms with Gasteiger partial charge in [-0.25, -0.2) is 4.68 Å². The fourth-order valence-corrected chi connectivity index (χ4v) is 3.20. The first-order valence-electron chi connectivity index (χ1n) is 8.39. The lowest BCUT2D eigenvalue weighted by Gasteiger charge is -2.28. The molecule has 0 amide bonds. The first-order chi connectivity index (χ1) is 12.7. The summed E-state index contributed by atoms with van der Waals surface area (Å²) in [6.45, 7) is 0.707. The highest BCUT2D eigenvalue weighted by Crippen LogP contribution is 2.36. The van der Waals surface area contributed by atoms with Crippen molar-refractivity contribution in [3.63, 3.8) is 0 Å². The van der Waals surface area contributed by atoms with E-state index in [4.69, 9.17) is 0 Å². The molecular weight excluding hydrogens is 355 g/mol. The Morgan fingerprint density at radius 1 is 1.07 bits per heavy atom. The van der Waals surface area contributed by atoms with Crippen LogP contribution < -0.4 is 9.80 Å². The van der Waals surface area contributed by atoms with Crippen LogP contribution in [0.4, 0.5) is 24.7 Å². The molecule has 0 atom stereocenters. The second-order valence-corrected chi connectivity index (χ2v) is 6.79. The van der Waals surface area contributed by atoms with Crippen LogP contribution in [-0.4, -0.2) is 35.9 Å². The summed E-state index contributed by atoms with van der Waals surface area (Å²) in [7, 11) is 5.86. The molecule has 140 valence electrons. The predicted molar refractivity (Wildman–Crippen MR) is 98.2 cm³/mol. The fourth-order valence-electron chi connectivity index (χ4n) is 3.20. The molecule has 3 heterocycles. The average molecular weight is 373 g/mol. The first-order valence-corrected chi connectivity index (χ1v) is 8.39. The Morgan fingerprint density at radius 3 is 2.56 bits per heavy atom. The zero-order valence-electron chi connectivity index (χ0n) is 15.1. The number of nitrogens with zero attached hydrogens (tertiary/aromatic N) is 5. The molecule has 27 heavy (non-hydrogen) atoms. The van der Waals surface area contributed by atoms with Crippen molar-refractivity contribution in [3.8, 4) is 16.9 Å². The van der Waals surface area contributed by atoms with Crippen LogP contribution in [0.1, 0.15) is 11.3 Å². The summed E-state index contributed by atoms with van der Waals surface area (Å²) in [5.74, 6) is 0.832. The topological polar surface area (TPSA) is 37.2 Å². The highest BCUT2D eigenvalue weighted by molar-refractivity contribution is 5.69. The van der Waals surface area contributed by atoms with E-state index >= 15 is 0 Å². The van der Waals surface area contributed by atoms with Gasteiger partial charge in [-0.05, 0) is 29.8 Å². The highest BCUT2D eigenvalue weighted by Gasteiger charge is 2.33. The second-order valence-electron chi connectivity index (χ2n) is 6.79. The lowest BCUT2D eigenvalue weighted by Crippen LogP contribution is -2.26. The molecule has 0 bridgehead atoms. The number of anilines is 2. The summed E-state index contributed by atoms with van der Waals surface area (Å²) in [5.41, 5.74) is 3.02. The van der Waals surface area contributed by atoms with Gasteiger partial charge in [-0.2, -0.15) is 18.3 Å². The van der Waals surface area contributed by atoms with Gasteiger partial charge in [-0.3, -0.25) is 4.98 Å². The maximum Gasteiger partial charge on any atom is 0.433 e. The lowest BCUT2D eigenvalue weighted by atomic mass is 10.1. The van der Waals surface area contributed by atoms with Gasteiger partial charge >= 0.3 is 6.18 Å². The number of alkyl halides is 3. The van der Waals surface area contributed by atoms with Crippen molar-refractivity contribution in [2.45, 2.75) is 12.7 Å². The fraction of sp³-hybridized carbons (Fsp3) is 0.263. The van der Waals surface area contributed by atoms with Crippen molar-refractivity contribution in [1.82, 2.24) is 14.8 Å². The van der Waals surface area contributed by atoms with Crippen LogP contribution in [0.15, 0.2) is 42.6 Å². The molecular formula is C19H18F3N5. The molecule has 0 saturated carbocycles. The number of halogens is 3. The molecule has 0 fully saturated rings. The van der Waals surface area contributed by atoms with E-state index in [1.807, 2.05) is 43.1 Å². The van der Waals surface area contributed by atoms with Gasteiger partial charge in [-0.1, -0.05) is 6.07 Å². The number of hydrogen-bond donors (Lipinski definition) is 0. The van der Waals surface area contributed by atoms with Crippen LogP contribution in [0.2, 0.25) is 0 Å². The van der Waals surface area contributed by atoms with Crippen molar-refractivity contribution >= 4 is 11.5 Å². The van der Waals surface area contributed by atoms with E-state index < -0.39 is 11.9 Å². The van der Waals surface area contributed by atoms with Gasteiger partial charge in [0.1, 0.15) is 11.5 Å². The van der Waals surface area contributed by atoms with Crippen LogP contribution in [0.5, 0.6) is 0 Å². The molecule has 1 aromatic carbocycles. The summed E-state index contributed by atoms with van der Waals surface area (Å²) in [5, 5.41) is 4.60. The maximum absolute atomic E-state index is 13.0. The monoisotopic (exact) mass is 373 g/mol. The molecule has 8 heteroatoms. The predicted octanol–water partition coefficient (Wildman–Crippen LogP) is 3.97. The molecule has 0 saturated heterocycles. The SMILES string of the molecule is CN(C)c1ccc2c(c1)-n1nc(-c3ccnc(C(F)(F)F)c3)cc1N(C)C2. The Morgan fingerprint density at radius 2 is 1.85 bits per heavy atom. The molecule has 4 rings (SSSR count). The second kappa shape index (κ2) is 6.00. The quantitative estimate of drug-likeness (QED) is 0.681. The van der Waals surface area contributed by atoms with Gasteiger partial charge in [0, 0.05) is 51.2 Å². The smallest absolute Gasteiger partial charge is 0.378 e. The summed E-state index contributed by atoms with van der Waals surface area (Å²) in [4.78, 5) is 7.45. The third-order valence-electron chi connectivity index (χ3n) is 4.65. The molecule has 0 N–H and O–H groups in total. The summed E-state index contributed by atoms with van der Waals surface area (Å²) in [6, 6.07) is 10.5. The zero-order chi connectivity index (χ0) is 19.3. The molecule has 0 radical (unpaired) electrons. The Balaban J connectivity index is 1.83. The molecule has 0 spiro atoms. The highest BCUT2D eigenvalue weighted by atomic mass is 19.4. The summed E-state index contributed by atoms with van der Waals surface area (Å²) >= 11 is 0. The molecule has 1 aliphatic heterocycles. The largest absolute Gasteiger partial charge is 0.433 e. The van der Waals surface area contributed by atoms with Crippen molar-refractivity contribution < 1.29 is 13.2 Å². The van der Waals surface area contributed by atoms with Gasteiger partial charge in [0.05, 0.1) is 11.4 Å². The number of rotatable bonds is 2. The Labute approximate surface area is 154 Å². The minimum Gasteiger partial charge on any atom is -0.378 e. The van der Waals surface area contributed by atoms with Gasteiger partial charge in [-0.15, -0.1) is 0 Å². The number of hydrogen-bond acceptors (Lipinski definition) is 4. The first kappa shape index (κ1) is 17.4. The van der Waals surface area contributed by atoms with E-state index in [1.165, 1.54) is 0 Å². The number of aromatic nitrogens is 3. The molecule has 0 aliphatic carbocycles. The lowest BCUT2D eigenvalue weighted by molar-refractivity contribution is -0.141. The number of benzene rings is 1. The van der Waals surface area contributed by atoms with E-state index in [9.17, 15) is 13.2 Å². The zero-order valence-corrected chi connectivity index (χ0v) is 15.1. The van der Waals surface area contributed by atoms with Crippen molar-refractivity contribution in [2.24, 2.45) is 0 Å². The molecule has 0 unspecified atom stereocenters. The molecule has 5 nitrogen and oxygen atoms in total. The standard InChI is InChI=1S/C19H18F3N5/c1-25(2)14-5-4-13-11-26(3)18-10-15(24-27(18)16(13)9-14)12-6-7-23-17(8-12)19(20,21)22/h4-10H,11H2,1-3H3. The van der Waals surface area contributed by atoms with Crippen LogP contribution in [0.3, 0.4) is 0 Å². The van der Waals surface area contributed by atoms with Gasteiger partial charge < -0.3 is 9.80 Å². The van der Waals surface area contributed by atoms with E-state index in [0.29, 0.717) is 17.8 Å². The van der Waals surface area contributed by atoms with Crippen molar-refractivity contribution in [3.05, 3.63) is 53.9 Å². The van der Waals surface area contributed by atoms with Crippen molar-refractivity contribution in [2.75, 3.05) is 30.9 Å². The van der Waals surface area contributed by atoms with Crippen molar-refractivity contribution in [1.29, 1.82) is 0 Å². The maximum atomic E-state index is 13.0. The van der Waals surface area contributed by atoms with Gasteiger partial charge in [0.15, 0.2) is 0 Å². The Kier molecular flexibility index (Phi) is 3.87. The van der Waals surface area contributed by atoms with Crippen LogP contribution in [-0.2, 0) is 12.7 Å². The number of pyridine rings is 1. The molecule has 3 aromatic rings. The summed E-state index contributed by atoms with van der Waals surface area (Å²) < 4.78 is 40.8. The average Bonchev–Trinajstić information content (AvgIpc) is 3.07. The minimum absolute atomic E-state index is 0.387. The molecule has 1 aliphatic rings. The Hall–Kier alpha value is -3.03. The van der Waals surface area contributed by atoms with Crippen LogP contribution in [0.25, 0.3) is 16.9 Å². The van der Waals surface area contributed by atoms with Crippen LogP contribution >= 0.6 is 0 Å². The van der Waals surface area contributed by atoms with E-state index in [0.717, 1.165) is 35.0 Å². The third kappa shape index (κ3) is 3.01. The summed E-state index contributed by atoms with van der Waals surface area (Å²) in [6.07, 6.45) is -3.32. The van der Waals surface area contributed by atoms with Gasteiger partial charge in [0.25, 0.3) is 0 Å². The molecule has 2 aromatic heterocycles. The Bertz CT molecular complexity index is 1010. The van der Waals surface area contributed by atoms with E-state index in [-0.39, 0.29) is 0 Å². The third-order valence-corrected chi connectivity index (χ3v) is 4.65. The van der Waals surface area contributed by atoms with E-state index in [1.54, 1.807) is 16.8 Å². The minimum atomic E-state index is -4.49.